The minimum Gasteiger partial charge on any atom is -0.381 e. The van der Waals surface area contributed by atoms with Gasteiger partial charge in [0.1, 0.15) is 6.23 Å². The number of rotatable bonds is 19. The summed E-state index contributed by atoms with van der Waals surface area (Å²) in [5.41, 5.74) is 12.5. The maximum atomic E-state index is 6.30. The van der Waals surface area contributed by atoms with Crippen LogP contribution in [0.5, 0.6) is 0 Å². The predicted molar refractivity (Wildman–Crippen MR) is 118 cm³/mol. The fourth-order valence-corrected chi connectivity index (χ4v) is 3.54. The molecule has 4 heteroatoms. The molecule has 0 aliphatic rings. The Morgan fingerprint density at radius 3 is 1.81 bits per heavy atom. The highest BCUT2D eigenvalue weighted by molar-refractivity contribution is 4.69. The van der Waals surface area contributed by atoms with E-state index >= 15 is 0 Å². The van der Waals surface area contributed by atoms with Crippen molar-refractivity contribution in [3.05, 3.63) is 0 Å². The van der Waals surface area contributed by atoms with Gasteiger partial charge in [0.05, 0.1) is 6.61 Å². The van der Waals surface area contributed by atoms with E-state index in [9.17, 15) is 0 Å². The van der Waals surface area contributed by atoms with Crippen LogP contribution in [0.15, 0.2) is 0 Å². The Balaban J connectivity index is 3.92. The molecule has 0 fully saturated rings. The van der Waals surface area contributed by atoms with E-state index in [0.29, 0.717) is 17.8 Å². The van der Waals surface area contributed by atoms with Crippen LogP contribution in [-0.4, -0.2) is 32.1 Å². The average molecular weight is 387 g/mol. The Kier molecular flexibility index (Phi) is 17.8. The average Bonchev–Trinajstić information content (AvgIpc) is 2.64. The second kappa shape index (κ2) is 17.9. The molecule has 0 saturated heterocycles. The summed E-state index contributed by atoms with van der Waals surface area (Å²) in [6, 6.07) is 0.0800. The van der Waals surface area contributed by atoms with Gasteiger partial charge in [0, 0.05) is 25.7 Å². The minimum absolute atomic E-state index is 0.0800. The normalized spacial score (nSPS) is 17.4. The van der Waals surface area contributed by atoms with Crippen LogP contribution >= 0.6 is 0 Å². The molecule has 0 aliphatic carbocycles. The van der Waals surface area contributed by atoms with Gasteiger partial charge in [-0.15, -0.1) is 0 Å². The van der Waals surface area contributed by atoms with Gasteiger partial charge in [0.15, 0.2) is 0 Å². The molecule has 27 heavy (non-hydrogen) atoms. The number of unbranched alkanes of at least 4 members (excludes halogenated alkanes) is 2. The molecule has 0 aromatic carbocycles. The van der Waals surface area contributed by atoms with E-state index < -0.39 is 0 Å². The van der Waals surface area contributed by atoms with E-state index in [1.54, 1.807) is 0 Å². The lowest BCUT2D eigenvalue weighted by atomic mass is 9.99. The minimum atomic E-state index is -0.248. The summed E-state index contributed by atoms with van der Waals surface area (Å²) in [7, 11) is 0. The van der Waals surface area contributed by atoms with Gasteiger partial charge >= 0.3 is 0 Å². The highest BCUT2D eigenvalue weighted by atomic mass is 16.5. The Bertz CT molecular complexity index is 315. The molecule has 164 valence electrons. The molecule has 5 unspecified atom stereocenters. The first-order valence-electron chi connectivity index (χ1n) is 11.7. The van der Waals surface area contributed by atoms with E-state index in [2.05, 4.69) is 34.6 Å². The molecule has 0 radical (unpaired) electrons. The molecule has 4 N–H and O–H groups in total. The summed E-state index contributed by atoms with van der Waals surface area (Å²) < 4.78 is 11.8. The SMILES string of the molecule is CCCCC(CC)COCC(C)CC(N)CC(N)OCC(CC)CCCC. The van der Waals surface area contributed by atoms with Crippen molar-refractivity contribution in [2.75, 3.05) is 19.8 Å². The lowest BCUT2D eigenvalue weighted by Gasteiger charge is -2.23. The zero-order chi connectivity index (χ0) is 20.5. The Morgan fingerprint density at radius 1 is 0.741 bits per heavy atom. The number of ether oxygens (including phenoxy) is 2. The van der Waals surface area contributed by atoms with E-state index in [4.69, 9.17) is 20.9 Å². The van der Waals surface area contributed by atoms with Gasteiger partial charge in [-0.25, -0.2) is 0 Å². The molecule has 0 amide bonds. The van der Waals surface area contributed by atoms with Crippen molar-refractivity contribution in [1.29, 1.82) is 0 Å². The lowest BCUT2D eigenvalue weighted by molar-refractivity contribution is 0.0179. The van der Waals surface area contributed by atoms with Crippen LogP contribution < -0.4 is 11.5 Å². The molecular formula is C23H50N2O2. The fourth-order valence-electron chi connectivity index (χ4n) is 3.54. The van der Waals surface area contributed by atoms with Crippen LogP contribution in [0.1, 0.15) is 98.8 Å². The molecule has 0 rings (SSSR count). The molecule has 4 nitrogen and oxygen atoms in total. The van der Waals surface area contributed by atoms with Crippen molar-refractivity contribution in [3.8, 4) is 0 Å². The molecule has 5 atom stereocenters. The molecule has 0 aromatic rings. The first kappa shape index (κ1) is 26.8. The quantitative estimate of drug-likeness (QED) is 0.288. The summed E-state index contributed by atoms with van der Waals surface area (Å²) in [6.45, 7) is 13.6. The van der Waals surface area contributed by atoms with Crippen LogP contribution in [0.3, 0.4) is 0 Å². The molecule has 0 bridgehead atoms. The summed E-state index contributed by atoms with van der Waals surface area (Å²) in [5, 5.41) is 0. The van der Waals surface area contributed by atoms with Crippen molar-refractivity contribution in [2.45, 2.75) is 111 Å². The third kappa shape index (κ3) is 15.4. The van der Waals surface area contributed by atoms with Crippen molar-refractivity contribution >= 4 is 0 Å². The van der Waals surface area contributed by atoms with Crippen LogP contribution in [0, 0.1) is 17.8 Å². The molecule has 0 aliphatic heterocycles. The first-order valence-corrected chi connectivity index (χ1v) is 11.7. The van der Waals surface area contributed by atoms with Gasteiger partial charge in [-0.05, 0) is 37.0 Å². The van der Waals surface area contributed by atoms with Crippen molar-refractivity contribution in [1.82, 2.24) is 0 Å². The molecule has 0 heterocycles. The van der Waals surface area contributed by atoms with Crippen molar-refractivity contribution in [3.63, 3.8) is 0 Å². The third-order valence-electron chi connectivity index (χ3n) is 5.63. The zero-order valence-electron chi connectivity index (χ0n) is 19.1. The van der Waals surface area contributed by atoms with Crippen LogP contribution in [0.25, 0.3) is 0 Å². The van der Waals surface area contributed by atoms with E-state index in [-0.39, 0.29) is 12.3 Å². The van der Waals surface area contributed by atoms with Gasteiger partial charge in [0.2, 0.25) is 0 Å². The third-order valence-corrected chi connectivity index (χ3v) is 5.63. The second-order valence-corrected chi connectivity index (χ2v) is 8.58. The summed E-state index contributed by atoms with van der Waals surface area (Å²) >= 11 is 0. The number of nitrogens with two attached hydrogens (primary N) is 2. The van der Waals surface area contributed by atoms with Crippen LogP contribution in [0.4, 0.5) is 0 Å². The van der Waals surface area contributed by atoms with Crippen molar-refractivity contribution in [2.24, 2.45) is 29.2 Å². The molecule has 0 spiro atoms. The zero-order valence-corrected chi connectivity index (χ0v) is 19.1. The molecule has 0 aromatic heterocycles. The summed E-state index contributed by atoms with van der Waals surface area (Å²) in [4.78, 5) is 0. The summed E-state index contributed by atoms with van der Waals surface area (Å²) in [6.07, 6.45) is 11.4. The second-order valence-electron chi connectivity index (χ2n) is 8.58. The van der Waals surface area contributed by atoms with Crippen LogP contribution in [-0.2, 0) is 9.47 Å². The largest absolute Gasteiger partial charge is 0.381 e. The first-order chi connectivity index (χ1) is 13.0. The van der Waals surface area contributed by atoms with Gasteiger partial charge in [-0.1, -0.05) is 73.1 Å². The monoisotopic (exact) mass is 386 g/mol. The van der Waals surface area contributed by atoms with E-state index in [1.807, 2.05) is 0 Å². The smallest absolute Gasteiger partial charge is 0.107 e. The van der Waals surface area contributed by atoms with Gasteiger partial charge in [0.25, 0.3) is 0 Å². The van der Waals surface area contributed by atoms with Crippen LogP contribution in [0.2, 0.25) is 0 Å². The van der Waals surface area contributed by atoms with E-state index in [1.165, 1.54) is 44.9 Å². The maximum absolute atomic E-state index is 6.30. The topological polar surface area (TPSA) is 70.5 Å². The van der Waals surface area contributed by atoms with Gasteiger partial charge < -0.3 is 20.9 Å². The lowest BCUT2D eigenvalue weighted by Crippen LogP contribution is -2.36. The Labute approximate surface area is 170 Å². The van der Waals surface area contributed by atoms with Gasteiger partial charge in [-0.2, -0.15) is 0 Å². The molecular weight excluding hydrogens is 336 g/mol. The van der Waals surface area contributed by atoms with Gasteiger partial charge in [-0.3, -0.25) is 0 Å². The highest BCUT2D eigenvalue weighted by Gasteiger charge is 2.16. The van der Waals surface area contributed by atoms with Crippen molar-refractivity contribution < 1.29 is 9.47 Å². The standard InChI is InChI=1S/C23H50N2O2/c1-6-10-12-20(8-3)17-26-16-19(5)14-22(24)15-23(25)27-18-21(9-4)13-11-7-2/h19-23H,6-18,24-25H2,1-5H3. The predicted octanol–water partition coefficient (Wildman–Crippen LogP) is 5.48. The fraction of sp³-hybridized carbons (Fsp3) is 1.00. The maximum Gasteiger partial charge on any atom is 0.107 e. The number of hydrogen-bond acceptors (Lipinski definition) is 4. The number of hydrogen-bond donors (Lipinski definition) is 2. The Morgan fingerprint density at radius 2 is 1.30 bits per heavy atom. The highest BCUT2D eigenvalue weighted by Crippen LogP contribution is 2.16. The summed E-state index contributed by atoms with van der Waals surface area (Å²) in [5.74, 6) is 1.79. The molecule has 0 saturated carbocycles. The Hall–Kier alpha value is -0.160. The van der Waals surface area contributed by atoms with E-state index in [0.717, 1.165) is 39.1 Å².